The van der Waals surface area contributed by atoms with Crippen molar-refractivity contribution in [2.45, 2.75) is 147 Å². The van der Waals surface area contributed by atoms with Gasteiger partial charge in [-0.25, -0.2) is 9.36 Å². The standard InChI is InChI=1S/C31H56N5O9P/c1-3-4-5-6-7-8-9-10-11-12-13-14-15-16-17-18-19-42-22-26(37)23-43-46(40,41)44-24-28-27(34-35-32)20-29(45-28)36-21-25(2)30(38)33-31(36)39/h21,26-29,37H,3-20,22-24H2,1-2H3,(H,40,41)(H,33,38,39). The minimum absolute atomic E-state index is 0.0432. The number of phosphoric acid groups is 1. The monoisotopic (exact) mass is 673 g/mol. The lowest BCUT2D eigenvalue weighted by atomic mass is 10.0. The lowest BCUT2D eigenvalue weighted by Gasteiger charge is -2.19. The van der Waals surface area contributed by atoms with Gasteiger partial charge >= 0.3 is 13.5 Å². The van der Waals surface area contributed by atoms with E-state index in [-0.39, 0.29) is 18.6 Å². The van der Waals surface area contributed by atoms with Crippen LogP contribution >= 0.6 is 7.82 Å². The molecule has 1 aliphatic rings. The van der Waals surface area contributed by atoms with Crippen LogP contribution in [0.3, 0.4) is 0 Å². The molecule has 0 spiro atoms. The van der Waals surface area contributed by atoms with Gasteiger partial charge in [0.25, 0.3) is 5.56 Å². The molecule has 0 amide bonds. The Labute approximate surface area is 272 Å². The minimum Gasteiger partial charge on any atom is -0.388 e. The first-order valence-corrected chi connectivity index (χ1v) is 18.6. The Balaban J connectivity index is 1.51. The van der Waals surface area contributed by atoms with E-state index in [1.54, 1.807) is 0 Å². The van der Waals surface area contributed by atoms with Crippen molar-refractivity contribution in [3.8, 4) is 0 Å². The van der Waals surface area contributed by atoms with Crippen LogP contribution < -0.4 is 11.2 Å². The topological polar surface area (TPSA) is 198 Å². The molecule has 1 saturated heterocycles. The van der Waals surface area contributed by atoms with Crippen LogP contribution in [0, 0.1) is 6.92 Å². The number of azide groups is 1. The molecule has 0 radical (unpaired) electrons. The van der Waals surface area contributed by atoms with Crippen LogP contribution in [0.4, 0.5) is 0 Å². The predicted molar refractivity (Wildman–Crippen MR) is 176 cm³/mol. The van der Waals surface area contributed by atoms with Gasteiger partial charge in [0.05, 0.1) is 32.0 Å². The van der Waals surface area contributed by atoms with Gasteiger partial charge in [-0.1, -0.05) is 108 Å². The van der Waals surface area contributed by atoms with Gasteiger partial charge in [-0.15, -0.1) is 0 Å². The molecule has 1 aliphatic heterocycles. The van der Waals surface area contributed by atoms with E-state index < -0.39 is 56.8 Å². The molecule has 5 unspecified atom stereocenters. The van der Waals surface area contributed by atoms with Crippen LogP contribution in [-0.2, 0) is 23.1 Å². The Morgan fingerprint density at radius 3 is 2.13 bits per heavy atom. The van der Waals surface area contributed by atoms with Crippen LogP contribution in [-0.4, -0.2) is 64.2 Å². The summed E-state index contributed by atoms with van der Waals surface area (Å²) in [6.07, 6.45) is 19.0. The summed E-state index contributed by atoms with van der Waals surface area (Å²) in [4.78, 5) is 38.9. The third-order valence-electron chi connectivity index (χ3n) is 8.14. The number of aromatic amines is 1. The van der Waals surface area contributed by atoms with Gasteiger partial charge < -0.3 is 19.5 Å². The maximum Gasteiger partial charge on any atom is 0.472 e. The van der Waals surface area contributed by atoms with E-state index in [9.17, 15) is 24.2 Å². The molecule has 1 aromatic rings. The third-order valence-corrected chi connectivity index (χ3v) is 9.10. The van der Waals surface area contributed by atoms with Crippen molar-refractivity contribution < 1.29 is 33.1 Å². The zero-order chi connectivity index (χ0) is 33.6. The minimum atomic E-state index is -4.58. The maximum absolute atomic E-state index is 12.4. The van der Waals surface area contributed by atoms with Crippen LogP contribution in [0.25, 0.3) is 10.4 Å². The highest BCUT2D eigenvalue weighted by atomic mass is 31.2. The Morgan fingerprint density at radius 1 is 1.00 bits per heavy atom. The number of phosphoric ester groups is 1. The van der Waals surface area contributed by atoms with Gasteiger partial charge in [-0.05, 0) is 18.9 Å². The van der Waals surface area contributed by atoms with Gasteiger partial charge in [0, 0.05) is 29.7 Å². The number of nitrogens with zero attached hydrogens (tertiary/aromatic N) is 4. The van der Waals surface area contributed by atoms with Crippen LogP contribution in [0.1, 0.15) is 128 Å². The third kappa shape index (κ3) is 16.7. The number of H-pyrrole nitrogens is 1. The molecule has 2 heterocycles. The number of nitrogens with one attached hydrogen (secondary N) is 1. The second-order valence-electron chi connectivity index (χ2n) is 12.2. The summed E-state index contributed by atoms with van der Waals surface area (Å²) in [5.74, 6) is 0. The van der Waals surface area contributed by atoms with Crippen molar-refractivity contribution >= 4 is 7.82 Å². The van der Waals surface area contributed by atoms with Crippen LogP contribution in [0.15, 0.2) is 20.9 Å². The number of hydrogen-bond donors (Lipinski definition) is 3. The first-order valence-electron chi connectivity index (χ1n) is 17.1. The van der Waals surface area contributed by atoms with Crippen LogP contribution in [0.2, 0.25) is 0 Å². The van der Waals surface area contributed by atoms with E-state index in [1.165, 1.54) is 96.6 Å². The number of aliphatic hydroxyl groups is 1. The average molecular weight is 674 g/mol. The first kappa shape index (κ1) is 40.2. The lowest BCUT2D eigenvalue weighted by Crippen LogP contribution is -2.33. The molecular formula is C31H56N5O9P. The van der Waals surface area contributed by atoms with E-state index in [4.69, 9.17) is 24.1 Å². The Morgan fingerprint density at radius 2 is 1.57 bits per heavy atom. The van der Waals surface area contributed by atoms with E-state index in [2.05, 4.69) is 21.9 Å². The average Bonchev–Trinajstić information content (AvgIpc) is 3.42. The maximum atomic E-state index is 12.4. The molecule has 15 heteroatoms. The summed E-state index contributed by atoms with van der Waals surface area (Å²) in [6, 6.07) is -0.808. The molecule has 0 aliphatic carbocycles. The summed E-state index contributed by atoms with van der Waals surface area (Å²) in [6.45, 7) is 3.27. The van der Waals surface area contributed by atoms with E-state index in [0.29, 0.717) is 6.61 Å². The molecule has 1 fully saturated rings. The Hall–Kier alpha value is -2.02. The SMILES string of the molecule is CCCCCCCCCCCCCCCCCCOCC(O)COP(=O)(O)OCC1OC(n2cc(C)c(=O)[nH]c2=O)CC1N=[N+]=[N-]. The zero-order valence-electron chi connectivity index (χ0n) is 27.7. The summed E-state index contributed by atoms with van der Waals surface area (Å²) >= 11 is 0. The van der Waals surface area contributed by atoms with E-state index in [1.807, 2.05) is 0 Å². The number of aromatic nitrogens is 2. The summed E-state index contributed by atoms with van der Waals surface area (Å²) in [7, 11) is -4.58. The molecule has 264 valence electrons. The zero-order valence-corrected chi connectivity index (χ0v) is 28.6. The van der Waals surface area contributed by atoms with Crippen molar-refractivity contribution in [1.29, 1.82) is 0 Å². The molecule has 14 nitrogen and oxygen atoms in total. The fourth-order valence-corrected chi connectivity index (χ4v) is 6.20. The first-order chi connectivity index (χ1) is 22.2. The van der Waals surface area contributed by atoms with Crippen molar-refractivity contribution in [3.63, 3.8) is 0 Å². The normalized spacial score (nSPS) is 20.0. The van der Waals surface area contributed by atoms with Crippen LogP contribution in [0.5, 0.6) is 0 Å². The fraction of sp³-hybridized carbons (Fsp3) is 0.871. The van der Waals surface area contributed by atoms with Gasteiger partial charge in [-0.2, -0.15) is 0 Å². The number of ether oxygens (including phenoxy) is 2. The van der Waals surface area contributed by atoms with Crippen molar-refractivity contribution in [2.24, 2.45) is 5.11 Å². The molecule has 0 aromatic carbocycles. The molecular weight excluding hydrogens is 617 g/mol. The summed E-state index contributed by atoms with van der Waals surface area (Å²) in [5.41, 5.74) is 7.95. The smallest absolute Gasteiger partial charge is 0.388 e. The van der Waals surface area contributed by atoms with Crippen molar-refractivity contribution in [3.05, 3.63) is 43.0 Å². The predicted octanol–water partition coefficient (Wildman–Crippen LogP) is 6.58. The fourth-order valence-electron chi connectivity index (χ4n) is 5.43. The number of hydrogen-bond acceptors (Lipinski definition) is 9. The Bertz CT molecular complexity index is 1190. The highest BCUT2D eigenvalue weighted by Gasteiger charge is 2.38. The number of aliphatic hydroxyl groups excluding tert-OH is 1. The molecule has 1 aromatic heterocycles. The van der Waals surface area contributed by atoms with Gasteiger partial charge in [0.1, 0.15) is 12.3 Å². The molecule has 0 bridgehead atoms. The second kappa shape index (κ2) is 23.3. The van der Waals surface area contributed by atoms with Crippen molar-refractivity contribution in [1.82, 2.24) is 9.55 Å². The van der Waals surface area contributed by atoms with Gasteiger partial charge in [0.15, 0.2) is 0 Å². The van der Waals surface area contributed by atoms with E-state index >= 15 is 0 Å². The lowest BCUT2D eigenvalue weighted by molar-refractivity contribution is -0.0328. The Kier molecular flexibility index (Phi) is 20.4. The van der Waals surface area contributed by atoms with Gasteiger partial charge in [0.2, 0.25) is 0 Å². The molecule has 46 heavy (non-hydrogen) atoms. The quantitative estimate of drug-likeness (QED) is 0.0303. The van der Waals surface area contributed by atoms with E-state index in [0.717, 1.165) is 23.8 Å². The molecule has 2 rings (SSSR count). The van der Waals surface area contributed by atoms with Crippen molar-refractivity contribution in [2.75, 3.05) is 26.4 Å². The largest absolute Gasteiger partial charge is 0.472 e. The second-order valence-corrected chi connectivity index (χ2v) is 13.7. The summed E-state index contributed by atoms with van der Waals surface area (Å²) in [5, 5.41) is 13.7. The molecule has 0 saturated carbocycles. The van der Waals surface area contributed by atoms with Gasteiger partial charge in [-0.3, -0.25) is 23.4 Å². The molecule has 3 N–H and O–H groups in total. The summed E-state index contributed by atoms with van der Waals surface area (Å²) < 4.78 is 34.7. The highest BCUT2D eigenvalue weighted by molar-refractivity contribution is 7.47. The number of rotatable bonds is 27. The molecule has 5 atom stereocenters. The number of aryl methyl sites for hydroxylation is 1. The number of unbranched alkanes of at least 4 members (excludes halogenated alkanes) is 15. The highest BCUT2D eigenvalue weighted by Crippen LogP contribution is 2.44.